The third kappa shape index (κ3) is 3.40. The van der Waals surface area contributed by atoms with Crippen molar-refractivity contribution in [2.24, 2.45) is 7.05 Å². The van der Waals surface area contributed by atoms with E-state index in [4.69, 9.17) is 0 Å². The maximum absolute atomic E-state index is 12.7. The Morgan fingerprint density at radius 2 is 1.83 bits per heavy atom. The van der Waals surface area contributed by atoms with E-state index in [1.807, 2.05) is 30.3 Å². The summed E-state index contributed by atoms with van der Waals surface area (Å²) in [5.74, 6) is -0.692. The Kier molecular flexibility index (Phi) is 5.23. The van der Waals surface area contributed by atoms with E-state index in [1.54, 1.807) is 25.6 Å². The van der Waals surface area contributed by atoms with Crippen LogP contribution in [0.5, 0.6) is 0 Å². The summed E-state index contributed by atoms with van der Waals surface area (Å²) in [6, 6.07) is 8.51. The number of hydrogen-bond acceptors (Lipinski definition) is 3. The SMILES string of the molecule is CCC(NC(C)=O)C(=O)Nc1c(C)n(C)n(-c2ccccc2)c1=O. The van der Waals surface area contributed by atoms with E-state index in [0.717, 1.165) is 0 Å². The van der Waals surface area contributed by atoms with Gasteiger partial charge in [0.05, 0.1) is 11.4 Å². The lowest BCUT2D eigenvalue weighted by Crippen LogP contribution is -2.43. The molecule has 0 saturated carbocycles. The number of anilines is 1. The second-order valence-electron chi connectivity index (χ2n) is 5.59. The fraction of sp³-hybridized carbons (Fsp3) is 0.353. The zero-order chi connectivity index (χ0) is 17.9. The van der Waals surface area contributed by atoms with Gasteiger partial charge in [0.1, 0.15) is 11.7 Å². The highest BCUT2D eigenvalue weighted by atomic mass is 16.2. The highest BCUT2D eigenvalue weighted by Crippen LogP contribution is 2.14. The van der Waals surface area contributed by atoms with Crippen LogP contribution in [0.25, 0.3) is 5.69 Å². The predicted molar refractivity (Wildman–Crippen MR) is 92.3 cm³/mol. The molecule has 0 aliphatic rings. The summed E-state index contributed by atoms with van der Waals surface area (Å²) in [4.78, 5) is 36.3. The van der Waals surface area contributed by atoms with Crippen molar-refractivity contribution < 1.29 is 9.59 Å². The molecule has 7 heteroatoms. The van der Waals surface area contributed by atoms with E-state index >= 15 is 0 Å². The standard InChI is InChI=1S/C17H22N4O3/c1-5-14(18-12(3)22)16(23)19-15-11(2)20(4)21(17(15)24)13-9-7-6-8-10-13/h6-10,14H,5H2,1-4H3,(H,18,22)(H,19,23). The molecule has 0 aliphatic heterocycles. The topological polar surface area (TPSA) is 85.1 Å². The first-order valence-electron chi connectivity index (χ1n) is 7.78. The van der Waals surface area contributed by atoms with Crippen LogP contribution in [0.1, 0.15) is 26.0 Å². The van der Waals surface area contributed by atoms with Crippen LogP contribution in [-0.4, -0.2) is 27.2 Å². The molecule has 0 bridgehead atoms. The summed E-state index contributed by atoms with van der Waals surface area (Å²) in [5.41, 5.74) is 1.25. The molecule has 128 valence electrons. The van der Waals surface area contributed by atoms with Crippen LogP contribution in [-0.2, 0) is 16.6 Å². The minimum atomic E-state index is -0.674. The number of carbonyl (C=O) groups is 2. The molecule has 24 heavy (non-hydrogen) atoms. The maximum atomic E-state index is 12.7. The molecule has 0 spiro atoms. The van der Waals surface area contributed by atoms with Gasteiger partial charge in [0.15, 0.2) is 0 Å². The Morgan fingerprint density at radius 3 is 2.38 bits per heavy atom. The highest BCUT2D eigenvalue weighted by molar-refractivity contribution is 5.97. The van der Waals surface area contributed by atoms with Crippen molar-refractivity contribution in [1.82, 2.24) is 14.7 Å². The van der Waals surface area contributed by atoms with Crippen molar-refractivity contribution in [1.29, 1.82) is 0 Å². The second kappa shape index (κ2) is 7.16. The van der Waals surface area contributed by atoms with Gasteiger partial charge in [-0.05, 0) is 25.5 Å². The lowest BCUT2D eigenvalue weighted by molar-refractivity contribution is -0.125. The molecule has 0 radical (unpaired) electrons. The van der Waals surface area contributed by atoms with Crippen molar-refractivity contribution in [3.63, 3.8) is 0 Å². The number of amides is 2. The molecular weight excluding hydrogens is 308 g/mol. The van der Waals surface area contributed by atoms with Gasteiger partial charge in [-0.3, -0.25) is 19.1 Å². The molecule has 0 aliphatic carbocycles. The van der Waals surface area contributed by atoms with Crippen LogP contribution in [0.2, 0.25) is 0 Å². The zero-order valence-electron chi connectivity index (χ0n) is 14.3. The average Bonchev–Trinajstić information content (AvgIpc) is 2.76. The number of carbonyl (C=O) groups excluding carboxylic acids is 2. The van der Waals surface area contributed by atoms with Gasteiger partial charge < -0.3 is 10.6 Å². The Hall–Kier alpha value is -2.83. The van der Waals surface area contributed by atoms with Gasteiger partial charge in [0.2, 0.25) is 11.8 Å². The van der Waals surface area contributed by atoms with Gasteiger partial charge in [-0.25, -0.2) is 4.68 Å². The summed E-state index contributed by atoms with van der Waals surface area (Å²) in [5, 5.41) is 5.23. The van der Waals surface area contributed by atoms with E-state index in [2.05, 4.69) is 10.6 Å². The van der Waals surface area contributed by atoms with E-state index in [1.165, 1.54) is 11.6 Å². The van der Waals surface area contributed by atoms with Gasteiger partial charge >= 0.3 is 0 Å². The minimum Gasteiger partial charge on any atom is -0.345 e. The van der Waals surface area contributed by atoms with Crippen LogP contribution < -0.4 is 16.2 Å². The number of nitrogens with zero attached hydrogens (tertiary/aromatic N) is 2. The Morgan fingerprint density at radius 1 is 1.21 bits per heavy atom. The summed E-state index contributed by atoms with van der Waals surface area (Å²) in [6.07, 6.45) is 0.435. The van der Waals surface area contributed by atoms with E-state index < -0.39 is 11.9 Å². The number of nitrogens with one attached hydrogen (secondary N) is 2. The molecule has 0 saturated heterocycles. The lowest BCUT2D eigenvalue weighted by Gasteiger charge is -2.15. The van der Waals surface area contributed by atoms with Gasteiger partial charge in [-0.1, -0.05) is 25.1 Å². The smallest absolute Gasteiger partial charge is 0.295 e. The molecule has 2 N–H and O–H groups in total. The third-order valence-electron chi connectivity index (χ3n) is 3.90. The molecular formula is C17H22N4O3. The summed E-state index contributed by atoms with van der Waals surface area (Å²) in [7, 11) is 1.75. The van der Waals surface area contributed by atoms with Crippen LogP contribution in [0, 0.1) is 6.92 Å². The lowest BCUT2D eigenvalue weighted by atomic mass is 10.2. The molecule has 0 fully saturated rings. The van der Waals surface area contributed by atoms with Gasteiger partial charge in [0.25, 0.3) is 5.56 Å². The Labute approximate surface area is 140 Å². The van der Waals surface area contributed by atoms with Crippen molar-refractivity contribution >= 4 is 17.5 Å². The predicted octanol–water partition coefficient (Wildman–Crippen LogP) is 1.34. The normalized spacial score (nSPS) is 11.8. The van der Waals surface area contributed by atoms with Crippen molar-refractivity contribution in [3.8, 4) is 5.69 Å². The molecule has 1 aromatic carbocycles. The number of rotatable bonds is 5. The van der Waals surface area contributed by atoms with E-state index in [9.17, 15) is 14.4 Å². The molecule has 7 nitrogen and oxygen atoms in total. The largest absolute Gasteiger partial charge is 0.345 e. The van der Waals surface area contributed by atoms with E-state index in [-0.39, 0.29) is 17.2 Å². The molecule has 2 aromatic rings. The fourth-order valence-electron chi connectivity index (χ4n) is 2.52. The monoisotopic (exact) mass is 330 g/mol. The van der Waals surface area contributed by atoms with Gasteiger partial charge in [-0.2, -0.15) is 0 Å². The summed E-state index contributed by atoms with van der Waals surface area (Å²) in [6.45, 7) is 4.90. The van der Waals surface area contributed by atoms with E-state index in [0.29, 0.717) is 17.8 Å². The van der Waals surface area contributed by atoms with Crippen LogP contribution in [0.4, 0.5) is 5.69 Å². The number of hydrogen-bond donors (Lipinski definition) is 2. The van der Waals surface area contributed by atoms with Crippen LogP contribution in [0.15, 0.2) is 35.1 Å². The second-order valence-corrected chi connectivity index (χ2v) is 5.59. The minimum absolute atomic E-state index is 0.218. The van der Waals surface area contributed by atoms with Crippen LogP contribution >= 0.6 is 0 Å². The van der Waals surface area contributed by atoms with Crippen molar-refractivity contribution in [3.05, 3.63) is 46.4 Å². The molecule has 2 amide bonds. The first-order valence-corrected chi connectivity index (χ1v) is 7.78. The van der Waals surface area contributed by atoms with Gasteiger partial charge in [-0.15, -0.1) is 0 Å². The number of aromatic nitrogens is 2. The van der Waals surface area contributed by atoms with Gasteiger partial charge in [0, 0.05) is 14.0 Å². The highest BCUT2D eigenvalue weighted by Gasteiger charge is 2.22. The first-order chi connectivity index (χ1) is 11.4. The molecule has 2 rings (SSSR count). The molecule has 1 atom stereocenters. The Balaban J connectivity index is 2.37. The molecule has 1 unspecified atom stereocenters. The molecule has 1 aromatic heterocycles. The molecule has 1 heterocycles. The maximum Gasteiger partial charge on any atom is 0.295 e. The average molecular weight is 330 g/mol. The third-order valence-corrected chi connectivity index (χ3v) is 3.90. The number of para-hydroxylation sites is 1. The van der Waals surface area contributed by atoms with Crippen LogP contribution in [0.3, 0.4) is 0 Å². The zero-order valence-corrected chi connectivity index (χ0v) is 14.3. The summed E-state index contributed by atoms with van der Waals surface area (Å²) >= 11 is 0. The van der Waals surface area contributed by atoms with Crippen molar-refractivity contribution in [2.75, 3.05) is 5.32 Å². The quantitative estimate of drug-likeness (QED) is 0.867. The van der Waals surface area contributed by atoms with Crippen molar-refractivity contribution in [2.45, 2.75) is 33.2 Å². The Bertz CT molecular complexity index is 805. The number of benzene rings is 1. The summed E-state index contributed by atoms with van der Waals surface area (Å²) < 4.78 is 3.18. The first kappa shape index (κ1) is 17.5. The fourth-order valence-corrected chi connectivity index (χ4v) is 2.52.